The largest absolute Gasteiger partial charge is 0.245 e. The molecule has 11 rings (SSSR count). The Morgan fingerprint density at radius 1 is 0.327 bits per heavy atom. The summed E-state index contributed by atoms with van der Waals surface area (Å²) in [6.07, 6.45) is 0. The lowest BCUT2D eigenvalue weighted by Gasteiger charge is -2.33. The van der Waals surface area contributed by atoms with Gasteiger partial charge in [0, 0.05) is 21.9 Å². The first-order valence-corrected chi connectivity index (χ1v) is 18.9. The van der Waals surface area contributed by atoms with E-state index in [9.17, 15) is 0 Å². The van der Waals surface area contributed by atoms with Crippen molar-refractivity contribution in [2.75, 3.05) is 0 Å². The maximum absolute atomic E-state index is 5.20. The van der Waals surface area contributed by atoms with Gasteiger partial charge in [0.2, 0.25) is 0 Å². The van der Waals surface area contributed by atoms with Crippen LogP contribution >= 0.6 is 0 Å². The zero-order chi connectivity index (χ0) is 36.3. The van der Waals surface area contributed by atoms with Gasteiger partial charge in [-0.25, -0.2) is 9.97 Å². The molecular formula is C53H34N2. The number of benzene rings is 8. The van der Waals surface area contributed by atoms with Gasteiger partial charge in [-0.3, -0.25) is 0 Å². The van der Waals surface area contributed by atoms with Crippen LogP contribution in [0.2, 0.25) is 0 Å². The summed E-state index contributed by atoms with van der Waals surface area (Å²) in [5.74, 6) is 0. The molecule has 55 heavy (non-hydrogen) atoms. The molecule has 0 saturated heterocycles. The van der Waals surface area contributed by atoms with Crippen LogP contribution in [-0.4, -0.2) is 9.97 Å². The van der Waals surface area contributed by atoms with Crippen molar-refractivity contribution in [2.45, 2.75) is 5.41 Å². The van der Waals surface area contributed by atoms with E-state index in [1.54, 1.807) is 0 Å². The number of nitrogens with zero attached hydrogens (tertiary/aromatic N) is 2. The summed E-state index contributed by atoms with van der Waals surface area (Å²) >= 11 is 0. The lowest BCUT2D eigenvalue weighted by atomic mass is 9.67. The summed E-state index contributed by atoms with van der Waals surface area (Å²) in [7, 11) is 0. The summed E-state index contributed by atoms with van der Waals surface area (Å²) < 4.78 is 0. The molecule has 10 aromatic rings. The van der Waals surface area contributed by atoms with Crippen molar-refractivity contribution in [3.05, 3.63) is 229 Å². The van der Waals surface area contributed by atoms with Crippen LogP contribution in [0.1, 0.15) is 22.3 Å². The van der Waals surface area contributed by atoms with Crippen LogP contribution in [0.3, 0.4) is 0 Å². The van der Waals surface area contributed by atoms with Gasteiger partial charge < -0.3 is 0 Å². The van der Waals surface area contributed by atoms with Gasteiger partial charge in [-0.2, -0.15) is 0 Å². The molecule has 0 atom stereocenters. The molecule has 256 valence electrons. The molecule has 0 unspecified atom stereocenters. The molecule has 0 N–H and O–H groups in total. The van der Waals surface area contributed by atoms with Crippen LogP contribution in [0, 0.1) is 0 Å². The number of rotatable bonds is 5. The van der Waals surface area contributed by atoms with Crippen molar-refractivity contribution >= 4 is 32.6 Å². The SMILES string of the molecule is c1ccc(-c2ccc3ccc4ccc(-c5ccc(-c6ccc7c8c(ccc7c6)C(c6ccccc6)(c6ccccc6)c6ccccc6-8)cc5)nc4c3n2)cc1. The van der Waals surface area contributed by atoms with Gasteiger partial charge >= 0.3 is 0 Å². The number of pyridine rings is 2. The molecule has 0 saturated carbocycles. The Morgan fingerprint density at radius 2 is 0.818 bits per heavy atom. The minimum Gasteiger partial charge on any atom is -0.245 e. The van der Waals surface area contributed by atoms with Crippen molar-refractivity contribution in [1.82, 2.24) is 9.97 Å². The first kappa shape index (κ1) is 31.4. The third kappa shape index (κ3) is 4.89. The minimum atomic E-state index is -0.402. The van der Waals surface area contributed by atoms with E-state index in [0.717, 1.165) is 44.3 Å². The first-order chi connectivity index (χ1) is 27.3. The second kappa shape index (κ2) is 12.5. The van der Waals surface area contributed by atoms with Crippen molar-refractivity contribution in [1.29, 1.82) is 0 Å². The van der Waals surface area contributed by atoms with Crippen molar-refractivity contribution in [3.63, 3.8) is 0 Å². The van der Waals surface area contributed by atoms with Crippen molar-refractivity contribution in [3.8, 4) is 44.8 Å². The fraction of sp³-hybridized carbons (Fsp3) is 0.0189. The molecule has 1 aliphatic rings. The van der Waals surface area contributed by atoms with Crippen LogP contribution in [0.5, 0.6) is 0 Å². The Labute approximate surface area is 320 Å². The van der Waals surface area contributed by atoms with Gasteiger partial charge in [-0.1, -0.05) is 188 Å². The van der Waals surface area contributed by atoms with Gasteiger partial charge in [0.25, 0.3) is 0 Å². The van der Waals surface area contributed by atoms with Gasteiger partial charge in [-0.05, 0) is 73.5 Å². The molecule has 2 nitrogen and oxygen atoms in total. The molecule has 2 heterocycles. The van der Waals surface area contributed by atoms with Gasteiger partial charge in [0.05, 0.1) is 27.8 Å². The normalized spacial score (nSPS) is 12.9. The van der Waals surface area contributed by atoms with Gasteiger partial charge in [-0.15, -0.1) is 0 Å². The smallest absolute Gasteiger partial charge is 0.0972 e. The zero-order valence-electron chi connectivity index (χ0n) is 30.0. The predicted octanol–water partition coefficient (Wildman–Crippen LogP) is 13.3. The molecular weight excluding hydrogens is 665 g/mol. The Hall–Kier alpha value is -7.16. The second-order valence-electron chi connectivity index (χ2n) is 14.5. The molecule has 0 radical (unpaired) electrons. The Morgan fingerprint density at radius 3 is 1.45 bits per heavy atom. The summed E-state index contributed by atoms with van der Waals surface area (Å²) in [5.41, 5.74) is 15.7. The quantitative estimate of drug-likeness (QED) is 0.167. The van der Waals surface area contributed by atoms with E-state index in [1.807, 2.05) is 6.07 Å². The number of hydrogen-bond donors (Lipinski definition) is 0. The molecule has 0 fully saturated rings. The van der Waals surface area contributed by atoms with E-state index >= 15 is 0 Å². The molecule has 0 spiro atoms. The fourth-order valence-electron chi connectivity index (χ4n) is 8.98. The summed E-state index contributed by atoms with van der Waals surface area (Å²) in [6, 6.07) is 74.5. The van der Waals surface area contributed by atoms with Crippen LogP contribution < -0.4 is 0 Å². The highest BCUT2D eigenvalue weighted by atomic mass is 14.8. The van der Waals surface area contributed by atoms with Crippen molar-refractivity contribution in [2.24, 2.45) is 0 Å². The van der Waals surface area contributed by atoms with Gasteiger partial charge in [0.1, 0.15) is 0 Å². The third-order valence-electron chi connectivity index (χ3n) is 11.5. The zero-order valence-corrected chi connectivity index (χ0v) is 30.0. The molecule has 0 amide bonds. The number of fused-ring (bicyclic) bond motifs is 8. The van der Waals surface area contributed by atoms with E-state index in [0.29, 0.717) is 0 Å². The van der Waals surface area contributed by atoms with Crippen LogP contribution in [0.4, 0.5) is 0 Å². The Bertz CT molecular complexity index is 3020. The fourth-order valence-corrected chi connectivity index (χ4v) is 8.98. The lowest BCUT2D eigenvalue weighted by Crippen LogP contribution is -2.28. The van der Waals surface area contributed by atoms with E-state index in [4.69, 9.17) is 9.97 Å². The average Bonchev–Trinajstić information content (AvgIpc) is 3.58. The van der Waals surface area contributed by atoms with Crippen LogP contribution in [0.25, 0.3) is 77.3 Å². The molecule has 1 aliphatic carbocycles. The highest BCUT2D eigenvalue weighted by molar-refractivity contribution is 6.06. The summed E-state index contributed by atoms with van der Waals surface area (Å²) in [4.78, 5) is 10.3. The maximum atomic E-state index is 5.20. The van der Waals surface area contributed by atoms with Gasteiger partial charge in [0.15, 0.2) is 0 Å². The highest BCUT2D eigenvalue weighted by Gasteiger charge is 2.46. The summed E-state index contributed by atoms with van der Waals surface area (Å²) in [5, 5.41) is 4.68. The Balaban J connectivity index is 0.989. The summed E-state index contributed by atoms with van der Waals surface area (Å²) in [6.45, 7) is 0. The van der Waals surface area contributed by atoms with Crippen molar-refractivity contribution < 1.29 is 0 Å². The minimum absolute atomic E-state index is 0.402. The first-order valence-electron chi connectivity index (χ1n) is 18.9. The Kier molecular flexibility index (Phi) is 7.11. The molecule has 0 aliphatic heterocycles. The topological polar surface area (TPSA) is 25.8 Å². The third-order valence-corrected chi connectivity index (χ3v) is 11.5. The second-order valence-corrected chi connectivity index (χ2v) is 14.5. The maximum Gasteiger partial charge on any atom is 0.0972 e. The standard InChI is InChI=1S/C53H34N2/c1-4-12-36(13-5-1)48-32-28-38-24-25-39-29-33-49(55-52(39)51(38)54-48)37-22-20-35(21-23-37)40-26-30-44-41(34-40)27-31-47-50(44)45-18-10-11-19-46(45)53(47,42-14-6-2-7-15-42)43-16-8-3-9-17-43/h1-34H. The molecule has 2 heteroatoms. The highest BCUT2D eigenvalue weighted by Crippen LogP contribution is 2.57. The van der Waals surface area contributed by atoms with E-state index in [1.165, 1.54) is 55.3 Å². The predicted molar refractivity (Wildman–Crippen MR) is 228 cm³/mol. The van der Waals surface area contributed by atoms with Crippen LogP contribution in [-0.2, 0) is 5.41 Å². The van der Waals surface area contributed by atoms with E-state index in [2.05, 4.69) is 200 Å². The number of hydrogen-bond acceptors (Lipinski definition) is 2. The molecule has 2 aromatic heterocycles. The average molecular weight is 699 g/mol. The van der Waals surface area contributed by atoms with Crippen LogP contribution in [0.15, 0.2) is 206 Å². The molecule has 8 aromatic carbocycles. The number of aromatic nitrogens is 2. The molecule has 0 bridgehead atoms. The lowest BCUT2D eigenvalue weighted by molar-refractivity contribution is 0.769. The van der Waals surface area contributed by atoms with E-state index < -0.39 is 5.41 Å². The van der Waals surface area contributed by atoms with E-state index in [-0.39, 0.29) is 0 Å². The monoisotopic (exact) mass is 698 g/mol.